The molecule has 1 amide bonds. The minimum Gasteiger partial charge on any atom is -0.465 e. The van der Waals surface area contributed by atoms with Crippen LogP contribution in [0.4, 0.5) is 4.79 Å². The Morgan fingerprint density at radius 1 is 1.40 bits per heavy atom. The van der Waals surface area contributed by atoms with Gasteiger partial charge in [0.25, 0.3) is 0 Å². The van der Waals surface area contributed by atoms with Crippen LogP contribution in [-0.2, 0) is 0 Å². The van der Waals surface area contributed by atoms with Gasteiger partial charge in [0.2, 0.25) is 0 Å². The zero-order chi connectivity index (χ0) is 10.8. The molecule has 15 heavy (non-hydrogen) atoms. The summed E-state index contributed by atoms with van der Waals surface area (Å²) in [7, 11) is 0. The monoisotopic (exact) mass is 212 g/mol. The third kappa shape index (κ3) is 2.25. The van der Waals surface area contributed by atoms with E-state index in [1.54, 1.807) is 0 Å². The van der Waals surface area contributed by atoms with Crippen LogP contribution in [0.1, 0.15) is 39.0 Å². The summed E-state index contributed by atoms with van der Waals surface area (Å²) in [4.78, 5) is 13.2. The van der Waals surface area contributed by atoms with E-state index in [1.165, 1.54) is 19.3 Å². The van der Waals surface area contributed by atoms with Crippen molar-refractivity contribution in [3.8, 4) is 0 Å². The van der Waals surface area contributed by atoms with Crippen molar-refractivity contribution in [3.05, 3.63) is 0 Å². The van der Waals surface area contributed by atoms with Crippen molar-refractivity contribution < 1.29 is 9.90 Å². The molecule has 0 aliphatic carbocycles. The van der Waals surface area contributed by atoms with Gasteiger partial charge in [-0.15, -0.1) is 0 Å². The van der Waals surface area contributed by atoms with Crippen molar-refractivity contribution in [1.29, 1.82) is 0 Å². The highest BCUT2D eigenvalue weighted by Crippen LogP contribution is 2.33. The lowest BCUT2D eigenvalue weighted by atomic mass is 9.82. The fraction of sp³-hybridized carbons (Fsp3) is 0.909. The minimum absolute atomic E-state index is 0.181. The van der Waals surface area contributed by atoms with Crippen molar-refractivity contribution in [1.82, 2.24) is 10.2 Å². The maximum Gasteiger partial charge on any atom is 0.404 e. The Balaban J connectivity index is 1.98. The highest BCUT2D eigenvalue weighted by molar-refractivity contribution is 5.64. The molecule has 2 aliphatic rings. The molecule has 2 bridgehead atoms. The van der Waals surface area contributed by atoms with Crippen LogP contribution in [0.5, 0.6) is 0 Å². The van der Waals surface area contributed by atoms with Gasteiger partial charge in [0.05, 0.1) is 0 Å². The summed E-state index contributed by atoms with van der Waals surface area (Å²) in [6, 6.07) is 1.40. The number of nitrogens with zero attached hydrogens (tertiary/aromatic N) is 1. The highest BCUT2D eigenvalue weighted by atomic mass is 16.4. The van der Waals surface area contributed by atoms with Crippen LogP contribution >= 0.6 is 0 Å². The van der Waals surface area contributed by atoms with Gasteiger partial charge in [0.1, 0.15) is 0 Å². The molecule has 4 heteroatoms. The van der Waals surface area contributed by atoms with Crippen molar-refractivity contribution in [2.75, 3.05) is 6.54 Å². The molecule has 2 rings (SSSR count). The average molecular weight is 212 g/mol. The molecule has 0 aromatic carbocycles. The summed E-state index contributed by atoms with van der Waals surface area (Å²) in [5.74, 6) is 0. The first-order valence-corrected chi connectivity index (χ1v) is 5.96. The van der Waals surface area contributed by atoms with Crippen LogP contribution in [0.25, 0.3) is 0 Å². The summed E-state index contributed by atoms with van der Waals surface area (Å²) in [5, 5.41) is 11.4. The summed E-state index contributed by atoms with van der Waals surface area (Å²) in [6.45, 7) is 3.31. The van der Waals surface area contributed by atoms with Gasteiger partial charge >= 0.3 is 6.09 Å². The second kappa shape index (κ2) is 4.39. The molecule has 2 saturated heterocycles. The molecule has 2 fully saturated rings. The first kappa shape index (κ1) is 10.7. The van der Waals surface area contributed by atoms with Gasteiger partial charge in [-0.3, -0.25) is 4.90 Å². The van der Waals surface area contributed by atoms with Crippen LogP contribution in [-0.4, -0.2) is 40.8 Å². The molecule has 0 aromatic heterocycles. The number of hydrogen-bond acceptors (Lipinski definition) is 2. The van der Waals surface area contributed by atoms with Gasteiger partial charge in [-0.1, -0.05) is 13.3 Å². The van der Waals surface area contributed by atoms with E-state index in [-0.39, 0.29) is 6.04 Å². The van der Waals surface area contributed by atoms with E-state index < -0.39 is 6.09 Å². The van der Waals surface area contributed by atoms with E-state index in [9.17, 15) is 4.79 Å². The smallest absolute Gasteiger partial charge is 0.404 e. The third-order valence-corrected chi connectivity index (χ3v) is 3.82. The Hall–Kier alpha value is -0.770. The van der Waals surface area contributed by atoms with E-state index in [0.717, 1.165) is 19.4 Å². The highest BCUT2D eigenvalue weighted by Gasteiger charge is 2.37. The van der Waals surface area contributed by atoms with Gasteiger partial charge in [0, 0.05) is 18.1 Å². The fourth-order valence-corrected chi connectivity index (χ4v) is 3.29. The van der Waals surface area contributed by atoms with Crippen molar-refractivity contribution in [2.24, 2.45) is 0 Å². The van der Waals surface area contributed by atoms with Crippen LogP contribution in [0.2, 0.25) is 0 Å². The van der Waals surface area contributed by atoms with Crippen molar-refractivity contribution in [3.63, 3.8) is 0 Å². The van der Waals surface area contributed by atoms with E-state index in [1.807, 2.05) is 0 Å². The molecule has 2 heterocycles. The van der Waals surface area contributed by atoms with Crippen molar-refractivity contribution in [2.45, 2.75) is 57.2 Å². The SMILES string of the molecule is CCN1C2CCCC1CC(NC(=O)O)C2. The van der Waals surface area contributed by atoms with Crippen LogP contribution < -0.4 is 5.32 Å². The Morgan fingerprint density at radius 2 is 2.00 bits per heavy atom. The number of carbonyl (C=O) groups is 1. The van der Waals surface area contributed by atoms with E-state index in [0.29, 0.717) is 12.1 Å². The van der Waals surface area contributed by atoms with Crippen LogP contribution in [0.15, 0.2) is 0 Å². The summed E-state index contributed by atoms with van der Waals surface area (Å²) < 4.78 is 0. The van der Waals surface area contributed by atoms with Gasteiger partial charge in [-0.2, -0.15) is 0 Å². The third-order valence-electron chi connectivity index (χ3n) is 3.82. The Bertz CT molecular complexity index is 231. The molecular weight excluding hydrogens is 192 g/mol. The first-order chi connectivity index (χ1) is 7.20. The predicted molar refractivity (Wildman–Crippen MR) is 58.0 cm³/mol. The number of carboxylic acid groups (broad SMARTS) is 1. The summed E-state index contributed by atoms with van der Waals surface area (Å²) in [5.41, 5.74) is 0. The predicted octanol–water partition coefficient (Wildman–Crippen LogP) is 1.66. The van der Waals surface area contributed by atoms with Gasteiger partial charge in [0.15, 0.2) is 0 Å². The summed E-state index contributed by atoms with van der Waals surface area (Å²) >= 11 is 0. The lowest BCUT2D eigenvalue weighted by Gasteiger charge is -2.48. The quantitative estimate of drug-likeness (QED) is 0.732. The van der Waals surface area contributed by atoms with E-state index >= 15 is 0 Å². The molecule has 4 nitrogen and oxygen atoms in total. The molecular formula is C11H20N2O2. The Labute approximate surface area is 90.6 Å². The van der Waals surface area contributed by atoms with E-state index in [2.05, 4.69) is 17.1 Å². The maximum atomic E-state index is 10.6. The average Bonchev–Trinajstić information content (AvgIpc) is 2.15. The molecule has 2 N–H and O–H groups in total. The maximum absolute atomic E-state index is 10.6. The molecule has 0 radical (unpaired) electrons. The van der Waals surface area contributed by atoms with Crippen LogP contribution in [0.3, 0.4) is 0 Å². The second-order valence-corrected chi connectivity index (χ2v) is 4.69. The molecule has 0 spiro atoms. The topological polar surface area (TPSA) is 52.6 Å². The fourth-order valence-electron chi connectivity index (χ4n) is 3.29. The molecule has 0 aromatic rings. The molecule has 2 atom stereocenters. The van der Waals surface area contributed by atoms with Crippen molar-refractivity contribution >= 4 is 6.09 Å². The molecule has 2 unspecified atom stereocenters. The Kier molecular flexibility index (Phi) is 3.14. The first-order valence-electron chi connectivity index (χ1n) is 5.96. The van der Waals surface area contributed by atoms with Crippen LogP contribution in [0, 0.1) is 0 Å². The number of piperidine rings is 2. The van der Waals surface area contributed by atoms with E-state index in [4.69, 9.17) is 5.11 Å². The molecule has 0 saturated carbocycles. The van der Waals surface area contributed by atoms with Gasteiger partial charge in [-0.05, 0) is 32.2 Å². The normalized spacial score (nSPS) is 36.2. The number of fused-ring (bicyclic) bond motifs is 2. The molecule has 2 aliphatic heterocycles. The summed E-state index contributed by atoms with van der Waals surface area (Å²) in [6.07, 6.45) is 4.91. The Morgan fingerprint density at radius 3 is 2.47 bits per heavy atom. The number of nitrogens with one attached hydrogen (secondary N) is 1. The standard InChI is InChI=1S/C11H20N2O2/c1-2-13-9-4-3-5-10(13)7-8(6-9)12-11(14)15/h8-10,12H,2-7H2,1H3,(H,14,15). The number of rotatable bonds is 2. The van der Waals surface area contributed by atoms with Gasteiger partial charge < -0.3 is 10.4 Å². The number of amides is 1. The largest absolute Gasteiger partial charge is 0.465 e. The van der Waals surface area contributed by atoms with Gasteiger partial charge in [-0.25, -0.2) is 4.79 Å². The zero-order valence-corrected chi connectivity index (χ0v) is 9.28. The lowest BCUT2D eigenvalue weighted by molar-refractivity contribution is 0.0299. The minimum atomic E-state index is -0.872. The zero-order valence-electron chi connectivity index (χ0n) is 9.28. The number of hydrogen-bond donors (Lipinski definition) is 2. The lowest BCUT2D eigenvalue weighted by Crippen LogP contribution is -2.56. The molecule has 86 valence electrons. The second-order valence-electron chi connectivity index (χ2n) is 4.69.